The second-order valence-electron chi connectivity index (χ2n) is 4.85. The Morgan fingerprint density at radius 2 is 2.29 bits per heavy atom. The Labute approximate surface area is 101 Å². The van der Waals surface area contributed by atoms with Gasteiger partial charge in [-0.3, -0.25) is 0 Å². The third kappa shape index (κ3) is 2.50. The van der Waals surface area contributed by atoms with Crippen LogP contribution >= 0.6 is 0 Å². The van der Waals surface area contributed by atoms with E-state index in [2.05, 4.69) is 0 Å². The van der Waals surface area contributed by atoms with Crippen molar-refractivity contribution in [1.82, 2.24) is 0 Å². The number of benzene rings is 1. The van der Waals surface area contributed by atoms with E-state index in [9.17, 15) is 9.50 Å². The molecule has 17 heavy (non-hydrogen) atoms. The lowest BCUT2D eigenvalue weighted by Crippen LogP contribution is -2.39. The minimum Gasteiger partial charge on any atom is -0.385 e. The highest BCUT2D eigenvalue weighted by atomic mass is 19.1. The highest BCUT2D eigenvalue weighted by Crippen LogP contribution is 2.37. The van der Waals surface area contributed by atoms with Crippen LogP contribution in [-0.4, -0.2) is 17.8 Å². The predicted molar refractivity (Wildman–Crippen MR) is 64.3 cm³/mol. The predicted octanol–water partition coefficient (Wildman–Crippen LogP) is 2.91. The standard InChI is InChI=1S/C14H19FO2/c1-3-12-9-14(16,6-7-17-12)13-8-11(15)5-4-10(13)2/h4-5,8,12,16H,3,6-7,9H2,1-2H3. The first-order chi connectivity index (χ1) is 8.05. The number of hydrogen-bond acceptors (Lipinski definition) is 2. The van der Waals surface area contributed by atoms with E-state index in [0.29, 0.717) is 25.0 Å². The summed E-state index contributed by atoms with van der Waals surface area (Å²) in [6, 6.07) is 4.60. The Morgan fingerprint density at radius 3 is 3.00 bits per heavy atom. The fourth-order valence-corrected chi connectivity index (χ4v) is 2.53. The molecule has 2 nitrogen and oxygen atoms in total. The second-order valence-corrected chi connectivity index (χ2v) is 4.85. The number of halogens is 1. The zero-order chi connectivity index (χ0) is 12.5. The van der Waals surface area contributed by atoms with E-state index in [4.69, 9.17) is 4.74 Å². The fraction of sp³-hybridized carbons (Fsp3) is 0.571. The molecular weight excluding hydrogens is 219 g/mol. The maximum absolute atomic E-state index is 13.3. The molecule has 1 N–H and O–H groups in total. The van der Waals surface area contributed by atoms with Crippen molar-refractivity contribution in [3.8, 4) is 0 Å². The summed E-state index contributed by atoms with van der Waals surface area (Å²) in [7, 11) is 0. The SMILES string of the molecule is CCC1CC(O)(c2cc(F)ccc2C)CCO1. The molecule has 0 aromatic heterocycles. The van der Waals surface area contributed by atoms with Crippen LogP contribution in [0.25, 0.3) is 0 Å². The van der Waals surface area contributed by atoms with Crippen LogP contribution in [0.3, 0.4) is 0 Å². The van der Waals surface area contributed by atoms with Gasteiger partial charge in [-0.1, -0.05) is 13.0 Å². The minimum atomic E-state index is -0.939. The molecule has 3 heteroatoms. The van der Waals surface area contributed by atoms with Gasteiger partial charge in [-0.25, -0.2) is 4.39 Å². The molecule has 1 aromatic carbocycles. The minimum absolute atomic E-state index is 0.0661. The van der Waals surface area contributed by atoms with E-state index in [1.807, 2.05) is 13.8 Å². The third-order valence-electron chi connectivity index (χ3n) is 3.59. The summed E-state index contributed by atoms with van der Waals surface area (Å²) in [5.74, 6) is -0.293. The van der Waals surface area contributed by atoms with Crippen molar-refractivity contribution in [1.29, 1.82) is 0 Å². The van der Waals surface area contributed by atoms with Crippen molar-refractivity contribution in [3.63, 3.8) is 0 Å². The molecule has 1 fully saturated rings. The van der Waals surface area contributed by atoms with E-state index < -0.39 is 5.60 Å². The molecule has 1 aliphatic heterocycles. The van der Waals surface area contributed by atoms with Crippen molar-refractivity contribution >= 4 is 0 Å². The summed E-state index contributed by atoms with van der Waals surface area (Å²) in [4.78, 5) is 0. The number of aliphatic hydroxyl groups is 1. The zero-order valence-corrected chi connectivity index (χ0v) is 10.4. The third-order valence-corrected chi connectivity index (χ3v) is 3.59. The molecule has 2 atom stereocenters. The van der Waals surface area contributed by atoms with Gasteiger partial charge in [0.1, 0.15) is 5.82 Å². The largest absolute Gasteiger partial charge is 0.385 e. The maximum atomic E-state index is 13.3. The van der Waals surface area contributed by atoms with Gasteiger partial charge in [-0.05, 0) is 36.6 Å². The molecule has 94 valence electrons. The number of rotatable bonds is 2. The summed E-state index contributed by atoms with van der Waals surface area (Å²) >= 11 is 0. The van der Waals surface area contributed by atoms with Crippen LogP contribution in [0.5, 0.6) is 0 Å². The Morgan fingerprint density at radius 1 is 1.53 bits per heavy atom. The first-order valence-electron chi connectivity index (χ1n) is 6.16. The zero-order valence-electron chi connectivity index (χ0n) is 10.4. The second kappa shape index (κ2) is 4.75. The van der Waals surface area contributed by atoms with Gasteiger partial charge in [0, 0.05) is 12.8 Å². The van der Waals surface area contributed by atoms with Gasteiger partial charge in [0.05, 0.1) is 18.3 Å². The average molecular weight is 238 g/mol. The van der Waals surface area contributed by atoms with Crippen LogP contribution in [0.1, 0.15) is 37.3 Å². The first-order valence-corrected chi connectivity index (χ1v) is 6.16. The molecule has 0 radical (unpaired) electrons. The quantitative estimate of drug-likeness (QED) is 0.858. The van der Waals surface area contributed by atoms with Crippen LogP contribution in [0.15, 0.2) is 18.2 Å². The van der Waals surface area contributed by atoms with Crippen molar-refractivity contribution in [2.75, 3.05) is 6.61 Å². The monoisotopic (exact) mass is 238 g/mol. The lowest BCUT2D eigenvalue weighted by molar-refractivity contribution is -0.109. The Hall–Kier alpha value is -0.930. The van der Waals surface area contributed by atoms with Crippen LogP contribution in [-0.2, 0) is 10.3 Å². The molecule has 1 heterocycles. The topological polar surface area (TPSA) is 29.5 Å². The van der Waals surface area contributed by atoms with Gasteiger partial charge in [0.25, 0.3) is 0 Å². The van der Waals surface area contributed by atoms with Crippen molar-refractivity contribution < 1.29 is 14.2 Å². The summed E-state index contributed by atoms with van der Waals surface area (Å²) in [5, 5.41) is 10.7. The van der Waals surface area contributed by atoms with Crippen molar-refractivity contribution in [3.05, 3.63) is 35.1 Å². The Balaban J connectivity index is 2.33. The first kappa shape index (κ1) is 12.5. The number of aryl methyl sites for hydroxylation is 1. The van der Waals surface area contributed by atoms with Gasteiger partial charge in [0.15, 0.2) is 0 Å². The van der Waals surface area contributed by atoms with Gasteiger partial charge in [-0.2, -0.15) is 0 Å². The summed E-state index contributed by atoms with van der Waals surface area (Å²) in [5.41, 5.74) is 0.704. The maximum Gasteiger partial charge on any atom is 0.123 e. The lowest BCUT2D eigenvalue weighted by atomic mass is 9.81. The Bertz CT molecular complexity index is 405. The van der Waals surface area contributed by atoms with Crippen molar-refractivity contribution in [2.45, 2.75) is 44.8 Å². The molecule has 1 aromatic rings. The van der Waals surface area contributed by atoms with Crippen LogP contribution in [0.4, 0.5) is 4.39 Å². The van der Waals surface area contributed by atoms with E-state index in [0.717, 1.165) is 12.0 Å². The molecule has 1 saturated heterocycles. The van der Waals surface area contributed by atoms with E-state index >= 15 is 0 Å². The Kier molecular flexibility index (Phi) is 3.50. The molecule has 0 aliphatic carbocycles. The van der Waals surface area contributed by atoms with Crippen LogP contribution in [0.2, 0.25) is 0 Å². The van der Waals surface area contributed by atoms with E-state index in [1.165, 1.54) is 12.1 Å². The van der Waals surface area contributed by atoms with Gasteiger partial charge < -0.3 is 9.84 Å². The smallest absolute Gasteiger partial charge is 0.123 e. The fourth-order valence-electron chi connectivity index (χ4n) is 2.53. The molecule has 1 aliphatic rings. The normalized spacial score (nSPS) is 29.3. The molecule has 0 spiro atoms. The van der Waals surface area contributed by atoms with Gasteiger partial charge >= 0.3 is 0 Å². The molecule has 0 saturated carbocycles. The lowest BCUT2D eigenvalue weighted by Gasteiger charge is -2.37. The van der Waals surface area contributed by atoms with E-state index in [1.54, 1.807) is 6.07 Å². The van der Waals surface area contributed by atoms with Crippen LogP contribution < -0.4 is 0 Å². The summed E-state index contributed by atoms with van der Waals surface area (Å²) in [6.45, 7) is 4.48. The van der Waals surface area contributed by atoms with Gasteiger partial charge in [0.2, 0.25) is 0 Å². The van der Waals surface area contributed by atoms with E-state index in [-0.39, 0.29) is 11.9 Å². The summed E-state index contributed by atoms with van der Waals surface area (Å²) < 4.78 is 18.9. The average Bonchev–Trinajstić information content (AvgIpc) is 2.32. The highest BCUT2D eigenvalue weighted by Gasteiger charge is 2.37. The molecule has 0 bridgehead atoms. The number of ether oxygens (including phenoxy) is 1. The molecule has 2 rings (SSSR count). The molecule has 2 unspecified atom stereocenters. The molecule has 0 amide bonds. The van der Waals surface area contributed by atoms with Crippen molar-refractivity contribution in [2.24, 2.45) is 0 Å². The van der Waals surface area contributed by atoms with Crippen LogP contribution in [0, 0.1) is 12.7 Å². The highest BCUT2D eigenvalue weighted by molar-refractivity contribution is 5.32. The van der Waals surface area contributed by atoms with Gasteiger partial charge in [-0.15, -0.1) is 0 Å². The molecular formula is C14H19FO2. The number of hydrogen-bond donors (Lipinski definition) is 1. The summed E-state index contributed by atoms with van der Waals surface area (Å²) in [6.07, 6.45) is 2.02.